The van der Waals surface area contributed by atoms with Crippen LogP contribution in [-0.2, 0) is 9.53 Å². The third kappa shape index (κ3) is 4.16. The smallest absolute Gasteiger partial charge is 0.347 e. The lowest BCUT2D eigenvalue weighted by molar-refractivity contribution is -0.143. The summed E-state index contributed by atoms with van der Waals surface area (Å²) in [4.78, 5) is 42.2. The highest BCUT2D eigenvalue weighted by molar-refractivity contribution is 6.07. The minimum Gasteiger partial charge on any atom is -0.468 e. The van der Waals surface area contributed by atoms with Crippen LogP contribution in [0, 0.1) is 0 Å². The van der Waals surface area contributed by atoms with Gasteiger partial charge >= 0.3 is 18.0 Å². The SMILES string of the molecule is COC(=O)CN1C(=O)N(c2cccc3ccccc23)C(N(O)C(=O)Nc2cccc3ccccc23)C1(C)C. The van der Waals surface area contributed by atoms with Crippen LogP contribution in [0.4, 0.5) is 21.0 Å². The van der Waals surface area contributed by atoms with Gasteiger partial charge in [0.05, 0.1) is 24.0 Å². The normalized spacial score (nSPS) is 16.6. The summed E-state index contributed by atoms with van der Waals surface area (Å²) in [5, 5.41) is 18.1. The van der Waals surface area contributed by atoms with Gasteiger partial charge in [0.25, 0.3) is 0 Å². The summed E-state index contributed by atoms with van der Waals surface area (Å²) < 4.78 is 4.82. The van der Waals surface area contributed by atoms with Crippen molar-refractivity contribution in [2.24, 2.45) is 0 Å². The number of nitrogens with zero attached hydrogens (tertiary/aromatic N) is 3. The van der Waals surface area contributed by atoms with E-state index < -0.39 is 29.7 Å². The van der Waals surface area contributed by atoms with Gasteiger partial charge in [-0.25, -0.2) is 9.59 Å². The van der Waals surface area contributed by atoms with E-state index in [9.17, 15) is 19.6 Å². The number of hydrogen-bond donors (Lipinski definition) is 2. The summed E-state index contributed by atoms with van der Waals surface area (Å²) in [5.74, 6) is -0.616. The number of fused-ring (bicyclic) bond motifs is 2. The van der Waals surface area contributed by atoms with Gasteiger partial charge in [-0.15, -0.1) is 0 Å². The predicted octanol–water partition coefficient (Wildman–Crippen LogP) is 5.44. The number of anilines is 2. The first-order chi connectivity index (χ1) is 18.2. The van der Waals surface area contributed by atoms with Crippen molar-refractivity contribution in [2.45, 2.75) is 25.6 Å². The Kier molecular flexibility index (Phi) is 6.38. The maximum atomic E-state index is 13.9. The van der Waals surface area contributed by atoms with Gasteiger partial charge in [-0.2, -0.15) is 5.06 Å². The second kappa shape index (κ2) is 9.68. The largest absolute Gasteiger partial charge is 0.468 e. The van der Waals surface area contributed by atoms with Gasteiger partial charge in [0.15, 0.2) is 6.17 Å². The fraction of sp³-hybridized carbons (Fsp3) is 0.207. The molecule has 2 N–H and O–H groups in total. The molecule has 5 rings (SSSR count). The number of esters is 1. The molecule has 0 spiro atoms. The van der Waals surface area contributed by atoms with Crippen LogP contribution in [-0.4, -0.2) is 58.6 Å². The van der Waals surface area contributed by atoms with E-state index in [1.54, 1.807) is 32.0 Å². The van der Waals surface area contributed by atoms with E-state index >= 15 is 0 Å². The van der Waals surface area contributed by atoms with E-state index in [1.807, 2.05) is 66.7 Å². The highest BCUT2D eigenvalue weighted by Crippen LogP contribution is 2.40. The molecule has 1 atom stereocenters. The molecule has 4 amide bonds. The van der Waals surface area contributed by atoms with Gasteiger partial charge in [0.1, 0.15) is 6.54 Å². The molecule has 0 radical (unpaired) electrons. The Morgan fingerprint density at radius 1 is 0.921 bits per heavy atom. The number of amides is 4. The monoisotopic (exact) mass is 512 g/mol. The number of carbonyl (C=O) groups is 3. The van der Waals surface area contributed by atoms with Gasteiger partial charge in [0, 0.05) is 10.8 Å². The highest BCUT2D eigenvalue weighted by atomic mass is 16.5. The molecule has 0 aromatic heterocycles. The van der Waals surface area contributed by atoms with E-state index in [2.05, 4.69) is 5.32 Å². The zero-order valence-corrected chi connectivity index (χ0v) is 21.3. The number of carbonyl (C=O) groups excluding carboxylic acids is 3. The highest BCUT2D eigenvalue weighted by Gasteiger charge is 2.56. The van der Waals surface area contributed by atoms with Gasteiger partial charge < -0.3 is 15.0 Å². The lowest BCUT2D eigenvalue weighted by atomic mass is 9.99. The summed E-state index contributed by atoms with van der Waals surface area (Å²) >= 11 is 0. The Labute approximate surface area is 219 Å². The van der Waals surface area contributed by atoms with E-state index in [0.29, 0.717) is 16.4 Å². The number of nitrogens with one attached hydrogen (secondary N) is 1. The van der Waals surface area contributed by atoms with E-state index in [4.69, 9.17) is 4.74 Å². The van der Waals surface area contributed by atoms with Crippen LogP contribution in [0.15, 0.2) is 84.9 Å². The number of urea groups is 2. The first-order valence-corrected chi connectivity index (χ1v) is 12.2. The van der Waals surface area contributed by atoms with Crippen LogP contribution in [0.2, 0.25) is 0 Å². The van der Waals surface area contributed by atoms with Crippen LogP contribution >= 0.6 is 0 Å². The molecule has 9 nitrogen and oxygen atoms in total. The molecule has 38 heavy (non-hydrogen) atoms. The number of hydrogen-bond acceptors (Lipinski definition) is 5. The number of hydroxylamine groups is 2. The Hall–Kier alpha value is -4.63. The Morgan fingerprint density at radius 3 is 2.18 bits per heavy atom. The quantitative estimate of drug-likeness (QED) is 0.211. The second-order valence-electron chi connectivity index (χ2n) is 9.64. The minimum atomic E-state index is -1.19. The van der Waals surface area contributed by atoms with Crippen molar-refractivity contribution < 1.29 is 24.3 Å². The molecule has 194 valence electrons. The molecule has 1 fully saturated rings. The topological polar surface area (TPSA) is 102 Å². The third-order valence-corrected chi connectivity index (χ3v) is 7.02. The van der Waals surface area contributed by atoms with Crippen molar-refractivity contribution in [2.75, 3.05) is 23.9 Å². The van der Waals surface area contributed by atoms with E-state index in [-0.39, 0.29) is 6.54 Å². The Bertz CT molecular complexity index is 1540. The molecule has 1 heterocycles. The Morgan fingerprint density at radius 2 is 1.50 bits per heavy atom. The van der Waals surface area contributed by atoms with Crippen molar-refractivity contribution in [3.05, 3.63) is 84.9 Å². The van der Waals surface area contributed by atoms with Crippen molar-refractivity contribution in [3.8, 4) is 0 Å². The van der Waals surface area contributed by atoms with Crippen LogP contribution in [0.1, 0.15) is 13.8 Å². The van der Waals surface area contributed by atoms with Gasteiger partial charge in [0.2, 0.25) is 0 Å². The number of methoxy groups -OCH3 is 1. The van der Waals surface area contributed by atoms with Crippen LogP contribution in [0.5, 0.6) is 0 Å². The zero-order valence-electron chi connectivity index (χ0n) is 21.3. The molecule has 1 aliphatic rings. The molecule has 1 saturated heterocycles. The summed E-state index contributed by atoms with van der Waals surface area (Å²) in [7, 11) is 1.24. The summed E-state index contributed by atoms with van der Waals surface area (Å²) in [6.45, 7) is 3.04. The first-order valence-electron chi connectivity index (χ1n) is 12.2. The Balaban J connectivity index is 1.58. The van der Waals surface area contributed by atoms with Crippen molar-refractivity contribution >= 4 is 51.0 Å². The molecular formula is C29H28N4O5. The second-order valence-corrected chi connectivity index (χ2v) is 9.64. The predicted molar refractivity (Wildman–Crippen MR) is 145 cm³/mol. The van der Waals surface area contributed by atoms with Gasteiger partial charge in [-0.1, -0.05) is 72.8 Å². The first kappa shape index (κ1) is 25.0. The molecule has 1 unspecified atom stereocenters. The number of benzene rings is 4. The third-order valence-electron chi connectivity index (χ3n) is 7.02. The number of ether oxygens (including phenoxy) is 1. The lowest BCUT2D eigenvalue weighted by Gasteiger charge is -2.38. The van der Waals surface area contributed by atoms with Crippen molar-refractivity contribution in [3.63, 3.8) is 0 Å². The minimum absolute atomic E-state index is 0.348. The van der Waals surface area contributed by atoms with Crippen LogP contribution < -0.4 is 10.2 Å². The van der Waals surface area contributed by atoms with Crippen molar-refractivity contribution in [1.82, 2.24) is 9.96 Å². The maximum Gasteiger partial charge on any atom is 0.347 e. The zero-order chi connectivity index (χ0) is 27.0. The summed E-state index contributed by atoms with van der Waals surface area (Å²) in [6, 6.07) is 24.6. The molecule has 0 saturated carbocycles. The molecule has 1 aliphatic heterocycles. The molecular weight excluding hydrogens is 484 g/mol. The fourth-order valence-corrected chi connectivity index (χ4v) is 5.08. The van der Waals surface area contributed by atoms with E-state index in [1.165, 1.54) is 16.9 Å². The standard InChI is InChI=1S/C29H28N4O5/c1-29(2)26(33(37)27(35)30-23-16-8-12-19-10-4-6-14-21(19)23)32(28(36)31(29)18-25(34)38-3)24-17-9-13-20-11-5-7-15-22(20)24/h4-17,26,37H,18H2,1-3H3,(H,30,35). The number of rotatable bonds is 5. The molecule has 0 bridgehead atoms. The van der Waals surface area contributed by atoms with E-state index in [0.717, 1.165) is 21.5 Å². The van der Waals surface area contributed by atoms with Gasteiger partial charge in [-0.3, -0.25) is 14.9 Å². The average Bonchev–Trinajstić information content (AvgIpc) is 3.12. The molecule has 4 aromatic carbocycles. The summed E-state index contributed by atoms with van der Waals surface area (Å²) in [6.07, 6.45) is -1.18. The molecule has 4 aromatic rings. The molecule has 9 heteroatoms. The average molecular weight is 513 g/mol. The lowest BCUT2D eigenvalue weighted by Crippen LogP contribution is -2.58. The summed E-state index contributed by atoms with van der Waals surface area (Å²) in [5.41, 5.74) is -0.180. The fourth-order valence-electron chi connectivity index (χ4n) is 5.08. The van der Waals surface area contributed by atoms with Crippen LogP contribution in [0.25, 0.3) is 21.5 Å². The van der Waals surface area contributed by atoms with Crippen molar-refractivity contribution in [1.29, 1.82) is 0 Å². The van der Waals surface area contributed by atoms with Gasteiger partial charge in [-0.05, 0) is 36.8 Å². The van der Waals surface area contributed by atoms with Crippen LogP contribution in [0.3, 0.4) is 0 Å². The molecule has 0 aliphatic carbocycles. The maximum absolute atomic E-state index is 13.9.